The Morgan fingerprint density at radius 1 is 1.50 bits per heavy atom. The molecule has 0 saturated carbocycles. The van der Waals surface area contributed by atoms with Crippen LogP contribution in [0.3, 0.4) is 0 Å². The Morgan fingerprint density at radius 2 is 1.80 bits per heavy atom. The fourth-order valence-corrected chi connectivity index (χ4v) is 1.61. The highest BCUT2D eigenvalue weighted by molar-refractivity contribution is 7.92. The number of halogens is 4. The van der Waals surface area contributed by atoms with E-state index in [9.17, 15) is 4.57 Å². The maximum absolute atomic E-state index is 11.1. The highest BCUT2D eigenvalue weighted by atomic mass is 35.7. The van der Waals surface area contributed by atoms with Gasteiger partial charge in [0.05, 0.1) is 0 Å². The molecule has 62 valence electrons. The summed E-state index contributed by atoms with van der Waals surface area (Å²) in [6, 6.07) is 0. The average molecular weight is 246 g/mol. The van der Waals surface area contributed by atoms with E-state index in [0.29, 0.717) is 4.78 Å². The minimum Gasteiger partial charge on any atom is -0.283 e. The molecule has 0 aliphatic carbocycles. The van der Waals surface area contributed by atoms with Gasteiger partial charge in [-0.3, -0.25) is 10.4 Å². The molecule has 0 fully saturated rings. The minimum absolute atomic E-state index is 0.696. The third kappa shape index (κ3) is 2.42. The Balaban J connectivity index is 4.59. The van der Waals surface area contributed by atoms with Crippen LogP contribution in [0.4, 0.5) is 0 Å². The van der Waals surface area contributed by atoms with Crippen LogP contribution >= 0.6 is 52.7 Å². The summed E-state index contributed by atoms with van der Waals surface area (Å²) in [4.78, 5) is 0. The maximum atomic E-state index is 11.1. The minimum atomic E-state index is -3.57. The van der Waals surface area contributed by atoms with Crippen molar-refractivity contribution < 1.29 is 4.57 Å². The molecular weight excluding hydrogens is 241 g/mol. The standard InChI is InChI=1S/C2H5Cl4N2OP/c1-8(7)10(6,9)2(3,4)5/h7H2,1H3/t10-/m1/s1. The molecule has 1 atom stereocenters. The van der Waals surface area contributed by atoms with Gasteiger partial charge in [-0.05, 0) is 11.2 Å². The number of nitrogens with two attached hydrogens (primary N) is 1. The third-order valence-corrected chi connectivity index (χ3v) is 6.47. The van der Waals surface area contributed by atoms with Gasteiger partial charge in [0.2, 0.25) is 0 Å². The van der Waals surface area contributed by atoms with Gasteiger partial charge in [0.15, 0.2) is 0 Å². The van der Waals surface area contributed by atoms with Crippen molar-refractivity contribution in [2.75, 3.05) is 7.05 Å². The molecule has 2 N–H and O–H groups in total. The van der Waals surface area contributed by atoms with E-state index in [-0.39, 0.29) is 0 Å². The van der Waals surface area contributed by atoms with E-state index in [1.54, 1.807) is 0 Å². The van der Waals surface area contributed by atoms with E-state index in [4.69, 9.17) is 51.9 Å². The summed E-state index contributed by atoms with van der Waals surface area (Å²) in [6.07, 6.45) is 0. The van der Waals surface area contributed by atoms with Crippen molar-refractivity contribution in [2.45, 2.75) is 3.53 Å². The molecule has 0 aliphatic heterocycles. The summed E-state index contributed by atoms with van der Waals surface area (Å²) in [5.74, 6) is 5.04. The van der Waals surface area contributed by atoms with Gasteiger partial charge in [-0.2, -0.15) is 4.78 Å². The summed E-state index contributed by atoms with van der Waals surface area (Å²) in [5, 5.41) is 0. The van der Waals surface area contributed by atoms with E-state index >= 15 is 0 Å². The lowest BCUT2D eigenvalue weighted by Crippen LogP contribution is -2.25. The van der Waals surface area contributed by atoms with Crippen LogP contribution in [0.25, 0.3) is 0 Å². The highest BCUT2D eigenvalue weighted by Crippen LogP contribution is 2.69. The number of alkyl halides is 3. The molecule has 0 spiro atoms. The largest absolute Gasteiger partial charge is 0.297 e. The number of hydrogen-bond acceptors (Lipinski definition) is 2. The second kappa shape index (κ2) is 3.36. The summed E-state index contributed by atoms with van der Waals surface area (Å²) in [7, 11) is 1.26. The van der Waals surface area contributed by atoms with Gasteiger partial charge >= 0.3 is 0 Å². The van der Waals surface area contributed by atoms with Gasteiger partial charge in [0, 0.05) is 7.05 Å². The van der Waals surface area contributed by atoms with Crippen LogP contribution in [0.15, 0.2) is 0 Å². The SMILES string of the molecule is CN(N)[P@](=O)(Cl)C(Cl)(Cl)Cl. The van der Waals surface area contributed by atoms with Crippen LogP contribution in [-0.2, 0) is 4.57 Å². The molecule has 0 rings (SSSR count). The first-order valence-corrected chi connectivity index (χ1v) is 5.75. The van der Waals surface area contributed by atoms with Crippen LogP contribution in [0.5, 0.6) is 0 Å². The Hall–Kier alpha value is 1.31. The second-order valence-corrected chi connectivity index (χ2v) is 8.30. The van der Waals surface area contributed by atoms with Crippen LogP contribution < -0.4 is 5.84 Å². The normalized spacial score (nSPS) is 19.1. The first-order valence-electron chi connectivity index (χ1n) is 2.05. The maximum Gasteiger partial charge on any atom is 0.297 e. The zero-order valence-electron chi connectivity index (χ0n) is 4.89. The highest BCUT2D eigenvalue weighted by Gasteiger charge is 2.45. The lowest BCUT2D eigenvalue weighted by atomic mass is 11.5. The van der Waals surface area contributed by atoms with Gasteiger partial charge in [-0.15, -0.1) is 0 Å². The number of rotatable bonds is 1. The van der Waals surface area contributed by atoms with Crippen molar-refractivity contribution >= 4 is 52.7 Å². The van der Waals surface area contributed by atoms with Crippen LogP contribution in [0.2, 0.25) is 0 Å². The van der Waals surface area contributed by atoms with E-state index in [0.717, 1.165) is 0 Å². The van der Waals surface area contributed by atoms with Gasteiger partial charge in [-0.25, -0.2) is 0 Å². The predicted octanol–water partition coefficient (Wildman–Crippen LogP) is 2.55. The molecule has 0 aromatic rings. The topological polar surface area (TPSA) is 46.3 Å². The van der Waals surface area contributed by atoms with Crippen molar-refractivity contribution in [1.82, 2.24) is 4.78 Å². The number of nitrogens with zero attached hydrogens (tertiary/aromatic N) is 1. The molecule has 0 saturated heterocycles. The van der Waals surface area contributed by atoms with E-state index < -0.39 is 10.2 Å². The molecule has 3 nitrogen and oxygen atoms in total. The number of hydrogen-bond donors (Lipinski definition) is 1. The van der Waals surface area contributed by atoms with Crippen molar-refractivity contribution in [1.29, 1.82) is 0 Å². The molecule has 0 aliphatic rings. The zero-order valence-corrected chi connectivity index (χ0v) is 8.81. The van der Waals surface area contributed by atoms with Crippen molar-refractivity contribution in [2.24, 2.45) is 5.84 Å². The van der Waals surface area contributed by atoms with Crippen molar-refractivity contribution in [3.63, 3.8) is 0 Å². The molecular formula is C2H5Cl4N2OP. The summed E-state index contributed by atoms with van der Waals surface area (Å²) < 4.78 is 9.76. The molecule has 0 amide bonds. The molecule has 0 heterocycles. The quantitative estimate of drug-likeness (QED) is 0.334. The van der Waals surface area contributed by atoms with E-state index in [1.807, 2.05) is 0 Å². The molecule has 0 bridgehead atoms. The first-order chi connectivity index (χ1) is 4.19. The summed E-state index contributed by atoms with van der Waals surface area (Å²) in [5.41, 5.74) is 0. The molecule has 10 heavy (non-hydrogen) atoms. The summed E-state index contributed by atoms with van der Waals surface area (Å²) in [6.45, 7) is -3.57. The predicted molar refractivity (Wildman–Crippen MR) is 45.7 cm³/mol. The fourth-order valence-electron chi connectivity index (χ4n) is 0.179. The van der Waals surface area contributed by atoms with Gasteiger partial charge in [-0.1, -0.05) is 34.8 Å². The Bertz CT molecular complexity index is 165. The van der Waals surface area contributed by atoms with E-state index in [1.165, 1.54) is 7.05 Å². The van der Waals surface area contributed by atoms with Crippen molar-refractivity contribution in [3.05, 3.63) is 0 Å². The van der Waals surface area contributed by atoms with Gasteiger partial charge in [0.1, 0.15) is 0 Å². The van der Waals surface area contributed by atoms with Crippen LogP contribution in [0.1, 0.15) is 0 Å². The van der Waals surface area contributed by atoms with E-state index in [2.05, 4.69) is 0 Å². The van der Waals surface area contributed by atoms with Gasteiger partial charge < -0.3 is 0 Å². The molecule has 0 aromatic carbocycles. The molecule has 0 aromatic heterocycles. The summed E-state index contributed by atoms with van der Waals surface area (Å²) >= 11 is 21.0. The monoisotopic (exact) mass is 244 g/mol. The molecule has 8 heteroatoms. The average Bonchev–Trinajstić information content (AvgIpc) is 1.62. The third-order valence-electron chi connectivity index (χ3n) is 0.718. The number of hydrazine groups is 1. The zero-order chi connectivity index (χ0) is 8.58. The Labute approximate surface area is 78.5 Å². The van der Waals surface area contributed by atoms with Crippen LogP contribution in [0, 0.1) is 0 Å². The lowest BCUT2D eigenvalue weighted by molar-refractivity contribution is 0.497. The smallest absolute Gasteiger partial charge is 0.283 e. The second-order valence-electron chi connectivity index (χ2n) is 1.54. The lowest BCUT2D eigenvalue weighted by Gasteiger charge is -2.23. The Kier molecular flexibility index (Phi) is 3.80. The van der Waals surface area contributed by atoms with Crippen LogP contribution in [-0.4, -0.2) is 15.4 Å². The fraction of sp³-hybridized carbons (Fsp3) is 1.00. The molecule has 0 radical (unpaired) electrons. The van der Waals surface area contributed by atoms with Crippen molar-refractivity contribution in [3.8, 4) is 0 Å². The Morgan fingerprint density at radius 3 is 1.80 bits per heavy atom. The molecule has 0 unspecified atom stereocenters. The van der Waals surface area contributed by atoms with Gasteiger partial charge in [0.25, 0.3) is 10.2 Å². The first kappa shape index (κ1) is 11.3.